The fourth-order valence-electron chi connectivity index (χ4n) is 3.75. The zero-order valence-electron chi connectivity index (χ0n) is 13.6. The van der Waals surface area contributed by atoms with E-state index in [1.165, 1.54) is 5.56 Å². The maximum Gasteiger partial charge on any atom is 0.222 e. The molecule has 4 nitrogen and oxygen atoms in total. The first-order chi connectivity index (χ1) is 10.7. The van der Waals surface area contributed by atoms with Gasteiger partial charge in [0.15, 0.2) is 0 Å². The molecule has 1 amide bonds. The third kappa shape index (κ3) is 3.12. The lowest BCUT2D eigenvalue weighted by Gasteiger charge is -2.39. The van der Waals surface area contributed by atoms with Crippen molar-refractivity contribution in [2.75, 3.05) is 26.7 Å². The minimum absolute atomic E-state index is 0.360. The molecule has 0 radical (unpaired) electrons. The van der Waals surface area contributed by atoms with Crippen LogP contribution in [-0.4, -0.2) is 48.5 Å². The van der Waals surface area contributed by atoms with Crippen molar-refractivity contribution in [3.8, 4) is 5.75 Å². The molecule has 2 aliphatic heterocycles. The van der Waals surface area contributed by atoms with Gasteiger partial charge in [-0.15, -0.1) is 0 Å². The van der Waals surface area contributed by atoms with E-state index in [0.717, 1.165) is 51.1 Å². The molecule has 4 heteroatoms. The molecule has 2 aliphatic rings. The van der Waals surface area contributed by atoms with Gasteiger partial charge in [0.2, 0.25) is 5.91 Å². The van der Waals surface area contributed by atoms with Gasteiger partial charge in [-0.25, -0.2) is 0 Å². The van der Waals surface area contributed by atoms with Gasteiger partial charge in [0.05, 0.1) is 7.11 Å². The summed E-state index contributed by atoms with van der Waals surface area (Å²) in [5.74, 6) is 1.28. The molecule has 0 bridgehead atoms. The highest BCUT2D eigenvalue weighted by atomic mass is 16.5. The predicted molar refractivity (Wildman–Crippen MR) is 87.0 cm³/mol. The molecule has 2 fully saturated rings. The minimum atomic E-state index is 0.360. The first-order valence-electron chi connectivity index (χ1n) is 8.36. The third-order valence-electron chi connectivity index (χ3n) is 5.17. The molecule has 1 aromatic rings. The van der Waals surface area contributed by atoms with Gasteiger partial charge in [-0.2, -0.15) is 0 Å². The SMILES string of the molecule is COc1cccc(C(C)N2CCC(N3CCCC3=O)CC2)c1. The maximum absolute atomic E-state index is 11.9. The number of amides is 1. The summed E-state index contributed by atoms with van der Waals surface area (Å²) < 4.78 is 5.33. The molecular formula is C18H26N2O2. The lowest BCUT2D eigenvalue weighted by Crippen LogP contribution is -2.45. The molecule has 3 rings (SSSR count). The number of hydrogen-bond acceptors (Lipinski definition) is 3. The summed E-state index contributed by atoms with van der Waals surface area (Å²) >= 11 is 0. The van der Waals surface area contributed by atoms with Gasteiger partial charge in [-0.05, 0) is 43.9 Å². The number of rotatable bonds is 4. The van der Waals surface area contributed by atoms with Gasteiger partial charge in [0.1, 0.15) is 5.75 Å². The van der Waals surface area contributed by atoms with Crippen LogP contribution >= 0.6 is 0 Å². The van der Waals surface area contributed by atoms with E-state index >= 15 is 0 Å². The van der Waals surface area contributed by atoms with E-state index in [1.54, 1.807) is 7.11 Å². The van der Waals surface area contributed by atoms with E-state index in [2.05, 4.69) is 34.9 Å². The zero-order valence-corrected chi connectivity index (χ0v) is 13.6. The van der Waals surface area contributed by atoms with Crippen molar-refractivity contribution < 1.29 is 9.53 Å². The van der Waals surface area contributed by atoms with Crippen LogP contribution in [0.4, 0.5) is 0 Å². The van der Waals surface area contributed by atoms with Gasteiger partial charge in [-0.1, -0.05) is 12.1 Å². The molecule has 22 heavy (non-hydrogen) atoms. The smallest absolute Gasteiger partial charge is 0.222 e. The molecule has 120 valence electrons. The lowest BCUT2D eigenvalue weighted by molar-refractivity contribution is -0.130. The standard InChI is InChI=1S/C18H26N2O2/c1-14(15-5-3-6-17(13-15)22-2)19-11-8-16(9-12-19)20-10-4-7-18(20)21/h3,5-6,13-14,16H,4,7-12H2,1-2H3. The molecule has 1 aromatic carbocycles. The Morgan fingerprint density at radius 1 is 1.23 bits per heavy atom. The Labute approximate surface area is 133 Å². The van der Waals surface area contributed by atoms with Gasteiger partial charge < -0.3 is 9.64 Å². The number of nitrogens with zero attached hydrogens (tertiary/aromatic N) is 2. The Hall–Kier alpha value is -1.55. The second-order valence-electron chi connectivity index (χ2n) is 6.41. The van der Waals surface area contributed by atoms with Crippen LogP contribution < -0.4 is 4.74 Å². The number of likely N-dealkylation sites (tertiary alicyclic amines) is 2. The number of ether oxygens (including phenoxy) is 1. The van der Waals surface area contributed by atoms with Gasteiger partial charge in [-0.3, -0.25) is 9.69 Å². The second-order valence-corrected chi connectivity index (χ2v) is 6.41. The van der Waals surface area contributed by atoms with Crippen LogP contribution in [0.1, 0.15) is 44.2 Å². The van der Waals surface area contributed by atoms with E-state index in [0.29, 0.717) is 18.0 Å². The molecule has 1 unspecified atom stereocenters. The van der Waals surface area contributed by atoms with Crippen LogP contribution in [0.15, 0.2) is 24.3 Å². The topological polar surface area (TPSA) is 32.8 Å². The van der Waals surface area contributed by atoms with Crippen LogP contribution in [0.5, 0.6) is 5.75 Å². The Morgan fingerprint density at radius 3 is 2.64 bits per heavy atom. The highest BCUT2D eigenvalue weighted by Gasteiger charge is 2.31. The number of benzene rings is 1. The zero-order chi connectivity index (χ0) is 15.5. The van der Waals surface area contributed by atoms with Gasteiger partial charge in [0, 0.05) is 38.1 Å². The van der Waals surface area contributed by atoms with Crippen molar-refractivity contribution in [3.63, 3.8) is 0 Å². The first-order valence-corrected chi connectivity index (χ1v) is 8.36. The maximum atomic E-state index is 11.9. The molecule has 2 saturated heterocycles. The highest BCUT2D eigenvalue weighted by Crippen LogP contribution is 2.29. The third-order valence-corrected chi connectivity index (χ3v) is 5.17. The fraction of sp³-hybridized carbons (Fsp3) is 0.611. The average molecular weight is 302 g/mol. The van der Waals surface area contributed by atoms with Gasteiger partial charge in [0.25, 0.3) is 0 Å². The first kappa shape index (κ1) is 15.3. The normalized spacial score (nSPS) is 22.1. The molecule has 0 N–H and O–H groups in total. The summed E-state index contributed by atoms with van der Waals surface area (Å²) in [5.41, 5.74) is 1.30. The van der Waals surface area contributed by atoms with Crippen molar-refractivity contribution in [2.24, 2.45) is 0 Å². The molecule has 2 heterocycles. The lowest BCUT2D eigenvalue weighted by atomic mass is 9.99. The van der Waals surface area contributed by atoms with E-state index in [1.807, 2.05) is 6.07 Å². The van der Waals surface area contributed by atoms with Crippen molar-refractivity contribution in [1.29, 1.82) is 0 Å². The van der Waals surface area contributed by atoms with E-state index in [9.17, 15) is 4.79 Å². The summed E-state index contributed by atoms with van der Waals surface area (Å²) in [6.45, 7) is 5.35. The predicted octanol–water partition coefficient (Wildman–Crippen LogP) is 2.84. The quantitative estimate of drug-likeness (QED) is 0.857. The molecule has 0 aromatic heterocycles. The Balaban J connectivity index is 1.59. The number of carbonyl (C=O) groups is 1. The molecular weight excluding hydrogens is 276 g/mol. The summed E-state index contributed by atoms with van der Waals surface area (Å²) in [5, 5.41) is 0. The second kappa shape index (κ2) is 6.69. The number of piperidine rings is 1. The van der Waals surface area contributed by atoms with Crippen LogP contribution in [0, 0.1) is 0 Å². The highest BCUT2D eigenvalue weighted by molar-refractivity contribution is 5.78. The van der Waals surface area contributed by atoms with E-state index in [4.69, 9.17) is 4.74 Å². The van der Waals surface area contributed by atoms with Crippen molar-refractivity contribution in [2.45, 2.75) is 44.7 Å². The molecule has 0 saturated carbocycles. The summed E-state index contributed by atoms with van der Waals surface area (Å²) in [6, 6.07) is 9.19. The number of hydrogen-bond donors (Lipinski definition) is 0. The van der Waals surface area contributed by atoms with E-state index in [-0.39, 0.29) is 0 Å². The minimum Gasteiger partial charge on any atom is -0.497 e. The average Bonchev–Trinajstić information content (AvgIpc) is 3.00. The molecule has 0 aliphatic carbocycles. The molecule has 1 atom stereocenters. The van der Waals surface area contributed by atoms with Crippen molar-refractivity contribution in [3.05, 3.63) is 29.8 Å². The Bertz CT molecular complexity index is 524. The van der Waals surface area contributed by atoms with Gasteiger partial charge >= 0.3 is 0 Å². The summed E-state index contributed by atoms with van der Waals surface area (Å²) in [4.78, 5) is 16.5. The largest absolute Gasteiger partial charge is 0.497 e. The van der Waals surface area contributed by atoms with Crippen molar-refractivity contribution >= 4 is 5.91 Å². The number of carbonyl (C=O) groups excluding carboxylic acids is 1. The Kier molecular flexibility index (Phi) is 4.67. The van der Waals surface area contributed by atoms with Crippen LogP contribution in [-0.2, 0) is 4.79 Å². The monoisotopic (exact) mass is 302 g/mol. The van der Waals surface area contributed by atoms with Crippen LogP contribution in [0.3, 0.4) is 0 Å². The van der Waals surface area contributed by atoms with E-state index < -0.39 is 0 Å². The van der Waals surface area contributed by atoms with Crippen LogP contribution in [0.25, 0.3) is 0 Å². The summed E-state index contributed by atoms with van der Waals surface area (Å²) in [6.07, 6.45) is 3.99. The van der Waals surface area contributed by atoms with Crippen molar-refractivity contribution in [1.82, 2.24) is 9.80 Å². The summed E-state index contributed by atoms with van der Waals surface area (Å²) in [7, 11) is 1.71. The Morgan fingerprint density at radius 2 is 2.00 bits per heavy atom. The molecule has 0 spiro atoms. The number of methoxy groups -OCH3 is 1. The van der Waals surface area contributed by atoms with Crippen LogP contribution in [0.2, 0.25) is 0 Å². The fourth-order valence-corrected chi connectivity index (χ4v) is 3.75.